The highest BCUT2D eigenvalue weighted by Crippen LogP contribution is 2.21. The molecule has 0 radical (unpaired) electrons. The average molecular weight is 393 g/mol. The largest absolute Gasteiger partial charge is 0.364 e. The Hall–Kier alpha value is 1.30. The Bertz CT molecular complexity index is 217. The second-order valence-corrected chi connectivity index (χ2v) is 15.2. The van der Waals surface area contributed by atoms with Gasteiger partial charge in [0, 0.05) is 0 Å². The highest BCUT2D eigenvalue weighted by atomic mass is 27.2. The van der Waals surface area contributed by atoms with Crippen molar-refractivity contribution in [1.29, 1.82) is 0 Å². The second kappa shape index (κ2) is 22.6. The molecule has 0 atom stereocenters. The van der Waals surface area contributed by atoms with Gasteiger partial charge in [0.2, 0.25) is 0 Å². The molecule has 0 saturated heterocycles. The summed E-state index contributed by atoms with van der Waals surface area (Å²) in [7, 11) is 0. The molecule has 0 aromatic rings. The summed E-state index contributed by atoms with van der Waals surface area (Å²) in [5.74, 6) is 2.78. The second-order valence-electron chi connectivity index (χ2n) is 9.94. The summed E-state index contributed by atoms with van der Waals surface area (Å²) in [6.07, 6.45) is 11.8. The van der Waals surface area contributed by atoms with E-state index in [2.05, 4.69) is 55.4 Å². The van der Waals surface area contributed by atoms with Crippen molar-refractivity contribution in [1.82, 2.24) is 0 Å². The Balaban J connectivity index is 0. The Kier molecular flexibility index (Phi) is 25.6. The van der Waals surface area contributed by atoms with Gasteiger partial charge in [0.1, 0.15) is 0 Å². The molecule has 0 spiro atoms. The van der Waals surface area contributed by atoms with Crippen LogP contribution >= 0.6 is 0 Å². The highest BCUT2D eigenvalue weighted by molar-refractivity contribution is 6.58. The average Bonchev–Trinajstić information content (AvgIpc) is 2.52. The maximum Gasteiger partial charge on any atom is 0.364 e. The molecule has 154 valence electrons. The van der Waals surface area contributed by atoms with Crippen LogP contribution in [0.15, 0.2) is 0 Å². The normalized spacial score (nSPS) is 10.9. The molecule has 2 heteroatoms. The zero-order chi connectivity index (χ0) is 20.2. The maximum absolute atomic E-state index is 2.38. The molecule has 0 aliphatic carbocycles. The lowest BCUT2D eigenvalue weighted by atomic mass is 10.2. The summed E-state index contributed by atoms with van der Waals surface area (Å²) in [6.45, 7) is 18.8. The van der Waals surface area contributed by atoms with Crippen molar-refractivity contribution in [3.63, 3.8) is 0 Å². The first-order valence-corrected chi connectivity index (χ1v) is 16.8. The minimum absolute atomic E-state index is 0.355. The van der Waals surface area contributed by atoms with Crippen LogP contribution in [-0.4, -0.2) is 34.5 Å². The van der Waals surface area contributed by atoms with E-state index in [0.29, 0.717) is 20.4 Å². The first kappa shape index (κ1) is 29.5. The fourth-order valence-corrected chi connectivity index (χ4v) is 10.4. The minimum atomic E-state index is -0.407. The number of hydrogen-bond acceptors (Lipinski definition) is 0. The highest BCUT2D eigenvalue weighted by Gasteiger charge is 2.20. The molecule has 0 rings (SSSR count). The van der Waals surface area contributed by atoms with E-state index in [-0.39, 0.29) is 0 Å². The van der Waals surface area contributed by atoms with Gasteiger partial charge in [-0.1, -0.05) is 140 Å². The molecule has 0 fully saturated rings. The molecule has 0 aliphatic rings. The Morgan fingerprint density at radius 1 is 0.538 bits per heavy atom. The van der Waals surface area contributed by atoms with Crippen molar-refractivity contribution in [2.45, 2.75) is 132 Å². The molecule has 26 heavy (non-hydrogen) atoms. The molecule has 0 aromatic carbocycles. The fourth-order valence-electron chi connectivity index (χ4n) is 4.03. The maximum atomic E-state index is 2.38. The van der Waals surface area contributed by atoms with Crippen LogP contribution in [0.3, 0.4) is 0 Å². The summed E-state index contributed by atoms with van der Waals surface area (Å²) in [5.41, 5.74) is 0. The smallest absolute Gasteiger partial charge is 0.146 e. The first-order valence-electron chi connectivity index (χ1n) is 12.3. The van der Waals surface area contributed by atoms with Gasteiger partial charge in [-0.3, -0.25) is 0 Å². The molecule has 0 aromatic heterocycles. The van der Waals surface area contributed by atoms with Gasteiger partial charge < -0.3 is 0 Å². The first-order chi connectivity index (χ1) is 12.3. The van der Waals surface area contributed by atoms with Crippen LogP contribution in [0.2, 0.25) is 24.9 Å². The van der Waals surface area contributed by atoms with Crippen molar-refractivity contribution in [3.05, 3.63) is 0 Å². The summed E-state index contributed by atoms with van der Waals surface area (Å²) in [4.78, 5) is 0. The van der Waals surface area contributed by atoms with Gasteiger partial charge in [0.15, 0.2) is 0 Å². The molecule has 0 nitrogen and oxygen atoms in total. The molecule has 0 saturated carbocycles. The lowest BCUT2D eigenvalue weighted by Gasteiger charge is -2.17. The fraction of sp³-hybridized carbons (Fsp3) is 1.00. The van der Waals surface area contributed by atoms with E-state index in [1.54, 1.807) is 24.9 Å². The van der Waals surface area contributed by atoms with Crippen LogP contribution in [0, 0.1) is 17.8 Å². The van der Waals surface area contributed by atoms with E-state index in [0.717, 1.165) is 17.8 Å². The van der Waals surface area contributed by atoms with Crippen molar-refractivity contribution in [3.8, 4) is 0 Å². The van der Waals surface area contributed by atoms with Gasteiger partial charge >= 0.3 is 20.4 Å². The third kappa shape index (κ3) is 27.5. The van der Waals surface area contributed by atoms with Crippen LogP contribution < -0.4 is 0 Å². The summed E-state index contributed by atoms with van der Waals surface area (Å²) >= 11 is -0.0520. The predicted octanol–water partition coefficient (Wildman–Crippen LogP) is 9.14. The number of unbranched alkanes of at least 4 members (excludes halogenated alkanes) is 6. The van der Waals surface area contributed by atoms with Crippen molar-refractivity contribution < 1.29 is 0 Å². The van der Waals surface area contributed by atoms with Crippen LogP contribution in [0.5, 0.6) is 0 Å². The van der Waals surface area contributed by atoms with Crippen molar-refractivity contribution >= 4 is 34.5 Å². The van der Waals surface area contributed by atoms with Gasteiger partial charge in [-0.25, -0.2) is 0 Å². The molecule has 0 amide bonds. The van der Waals surface area contributed by atoms with E-state index >= 15 is 0 Å². The molecule has 0 aliphatic heterocycles. The van der Waals surface area contributed by atoms with Crippen LogP contribution in [0.25, 0.3) is 0 Å². The summed E-state index contributed by atoms with van der Waals surface area (Å²) in [5, 5.41) is 4.66. The van der Waals surface area contributed by atoms with Gasteiger partial charge in [-0.05, 0) is 0 Å². The predicted molar refractivity (Wildman–Crippen MR) is 128 cm³/mol. The van der Waals surface area contributed by atoms with Gasteiger partial charge in [-0.2, -0.15) is 0 Å². The lowest BCUT2D eigenvalue weighted by Crippen LogP contribution is -2.19. The molecule has 0 bridgehead atoms. The SMILES string of the molecule is CC(C)[CH2][Al]([CH2]C(C)C)[CH2]C(C)C.CCCCC[CH2][Mg][CH2]CCCCC. The van der Waals surface area contributed by atoms with Gasteiger partial charge in [0.05, 0.1) is 0 Å². The van der Waals surface area contributed by atoms with Crippen LogP contribution in [0.4, 0.5) is 0 Å². The zero-order valence-electron chi connectivity index (χ0n) is 20.2. The van der Waals surface area contributed by atoms with E-state index in [1.807, 2.05) is 0 Å². The lowest BCUT2D eigenvalue weighted by molar-refractivity contribution is 0.659. The van der Waals surface area contributed by atoms with Crippen molar-refractivity contribution in [2.75, 3.05) is 0 Å². The van der Waals surface area contributed by atoms with E-state index < -0.39 is 14.1 Å². The van der Waals surface area contributed by atoms with Crippen LogP contribution in [0.1, 0.15) is 107 Å². The molecular weight excluding hydrogens is 340 g/mol. The molecule has 0 heterocycles. The van der Waals surface area contributed by atoms with Crippen LogP contribution in [-0.2, 0) is 0 Å². The topological polar surface area (TPSA) is 0 Å². The molecule has 0 unspecified atom stereocenters. The van der Waals surface area contributed by atoms with Gasteiger partial charge in [-0.15, -0.1) is 9.10 Å². The number of hydrogen-bond donors (Lipinski definition) is 0. The van der Waals surface area contributed by atoms with E-state index in [9.17, 15) is 0 Å². The quantitative estimate of drug-likeness (QED) is 0.181. The minimum Gasteiger partial charge on any atom is -0.146 e. The Morgan fingerprint density at radius 3 is 1.15 bits per heavy atom. The third-order valence-corrected chi connectivity index (χ3v) is 11.9. The standard InChI is InChI=1S/2C6H13.3C4H9.Al.Mg/c2*1-3-5-6-4-2;3*1-4(2)3;;/h2*1,3-6H2,2H3;3*4H,1H2,2-3H3;;. The van der Waals surface area contributed by atoms with Gasteiger partial charge in [0.25, 0.3) is 14.1 Å². The van der Waals surface area contributed by atoms with Crippen molar-refractivity contribution in [2.24, 2.45) is 17.8 Å². The zero-order valence-corrected chi connectivity index (χ0v) is 22.8. The Labute approximate surface area is 183 Å². The summed E-state index contributed by atoms with van der Waals surface area (Å²) < 4.78 is 3.23. The molecular formula is C24H53AlMg. The van der Waals surface area contributed by atoms with E-state index in [4.69, 9.17) is 0 Å². The third-order valence-electron chi connectivity index (χ3n) is 5.12. The Morgan fingerprint density at radius 2 is 0.885 bits per heavy atom. The monoisotopic (exact) mass is 392 g/mol. The molecule has 0 N–H and O–H groups in total. The number of rotatable bonds is 16. The summed E-state index contributed by atoms with van der Waals surface area (Å²) in [6, 6.07) is 0. The van der Waals surface area contributed by atoms with E-state index in [1.165, 1.54) is 51.4 Å².